The first-order chi connectivity index (χ1) is 26.6. The van der Waals surface area contributed by atoms with Crippen LogP contribution in [0, 0.1) is 0 Å². The summed E-state index contributed by atoms with van der Waals surface area (Å²) in [6.45, 7) is 7.58. The van der Waals surface area contributed by atoms with Crippen molar-refractivity contribution in [3.8, 4) is 0 Å². The number of hydrogen-bond acceptors (Lipinski definition) is 5. The van der Waals surface area contributed by atoms with Crippen LogP contribution in [0.3, 0.4) is 0 Å². The fraction of sp³-hybridized carbons (Fsp3) is 0.714. The van der Waals surface area contributed by atoms with E-state index in [1.165, 1.54) is 57.8 Å². The molecule has 0 aliphatic heterocycles. The van der Waals surface area contributed by atoms with Gasteiger partial charge in [-0.25, -0.2) is 0 Å². The molecule has 5 heteroatoms. The summed E-state index contributed by atoms with van der Waals surface area (Å²) in [5.41, 5.74) is 0. The molecule has 0 saturated carbocycles. The molecular formula is C49H84O5. The van der Waals surface area contributed by atoms with Gasteiger partial charge in [-0.3, -0.25) is 9.59 Å². The number of hydrogen-bond donors (Lipinski definition) is 0. The van der Waals surface area contributed by atoms with E-state index in [-0.39, 0.29) is 25.2 Å². The molecule has 0 rings (SSSR count). The van der Waals surface area contributed by atoms with E-state index < -0.39 is 6.10 Å². The summed E-state index contributed by atoms with van der Waals surface area (Å²) >= 11 is 0. The van der Waals surface area contributed by atoms with Crippen LogP contribution in [0.4, 0.5) is 0 Å². The van der Waals surface area contributed by atoms with Gasteiger partial charge in [-0.2, -0.15) is 0 Å². The van der Waals surface area contributed by atoms with Gasteiger partial charge in [-0.05, 0) is 83.5 Å². The average molecular weight is 753 g/mol. The monoisotopic (exact) mass is 753 g/mol. The lowest BCUT2D eigenvalue weighted by molar-refractivity contribution is -0.163. The second-order valence-corrected chi connectivity index (χ2v) is 14.6. The van der Waals surface area contributed by atoms with Crippen LogP contribution in [0.25, 0.3) is 0 Å². The number of allylic oxidation sites excluding steroid dienone is 12. The zero-order valence-electron chi connectivity index (χ0n) is 35.5. The van der Waals surface area contributed by atoms with Crippen LogP contribution in [0.5, 0.6) is 0 Å². The Kier molecular flexibility index (Phi) is 42.5. The van der Waals surface area contributed by atoms with Crippen LogP contribution in [-0.4, -0.2) is 37.9 Å². The minimum atomic E-state index is -0.551. The lowest BCUT2D eigenvalue weighted by Crippen LogP contribution is -2.30. The van der Waals surface area contributed by atoms with E-state index in [0.717, 1.165) is 109 Å². The predicted molar refractivity (Wildman–Crippen MR) is 233 cm³/mol. The molecule has 0 heterocycles. The number of carbonyl (C=O) groups excluding carboxylic acids is 2. The molecule has 0 N–H and O–H groups in total. The maximum absolute atomic E-state index is 12.7. The van der Waals surface area contributed by atoms with Crippen molar-refractivity contribution in [1.29, 1.82) is 0 Å². The zero-order chi connectivity index (χ0) is 39.3. The van der Waals surface area contributed by atoms with Gasteiger partial charge in [-0.1, -0.05) is 177 Å². The van der Waals surface area contributed by atoms with Crippen LogP contribution in [0.1, 0.15) is 201 Å². The molecule has 1 unspecified atom stereocenters. The molecule has 0 aromatic carbocycles. The maximum atomic E-state index is 12.7. The number of ether oxygens (including phenoxy) is 3. The summed E-state index contributed by atoms with van der Waals surface area (Å²) in [7, 11) is 0. The first-order valence-corrected chi connectivity index (χ1v) is 22.5. The molecule has 0 aliphatic carbocycles. The Balaban J connectivity index is 4.26. The van der Waals surface area contributed by atoms with Gasteiger partial charge in [0.2, 0.25) is 0 Å². The molecule has 5 nitrogen and oxygen atoms in total. The number of rotatable bonds is 40. The molecule has 0 fully saturated rings. The van der Waals surface area contributed by atoms with Crippen molar-refractivity contribution in [2.45, 2.75) is 207 Å². The average Bonchev–Trinajstić information content (AvgIpc) is 3.17. The maximum Gasteiger partial charge on any atom is 0.306 e. The van der Waals surface area contributed by atoms with Crippen molar-refractivity contribution >= 4 is 11.9 Å². The molecule has 0 bridgehead atoms. The van der Waals surface area contributed by atoms with Crippen molar-refractivity contribution < 1.29 is 23.8 Å². The smallest absolute Gasteiger partial charge is 0.306 e. The lowest BCUT2D eigenvalue weighted by atomic mass is 10.1. The van der Waals surface area contributed by atoms with Gasteiger partial charge in [0, 0.05) is 19.4 Å². The van der Waals surface area contributed by atoms with E-state index in [1.807, 2.05) is 0 Å². The number of unbranched alkanes of at least 4 members (excludes halogenated alkanes) is 17. The Bertz CT molecular complexity index is 988. The van der Waals surface area contributed by atoms with Gasteiger partial charge >= 0.3 is 11.9 Å². The highest BCUT2D eigenvalue weighted by atomic mass is 16.6. The summed E-state index contributed by atoms with van der Waals surface area (Å²) < 4.78 is 17.2. The molecule has 0 aliphatic rings. The number of esters is 2. The molecule has 0 saturated heterocycles. The Labute approximate surface area is 334 Å². The van der Waals surface area contributed by atoms with Gasteiger partial charge in [0.05, 0.1) is 6.61 Å². The first kappa shape index (κ1) is 51.3. The Morgan fingerprint density at radius 1 is 0.426 bits per heavy atom. The van der Waals surface area contributed by atoms with Crippen molar-refractivity contribution in [1.82, 2.24) is 0 Å². The first-order valence-electron chi connectivity index (χ1n) is 22.5. The van der Waals surface area contributed by atoms with Crippen LogP contribution in [-0.2, 0) is 23.8 Å². The quantitative estimate of drug-likeness (QED) is 0.0354. The third kappa shape index (κ3) is 42.1. The van der Waals surface area contributed by atoms with Gasteiger partial charge in [0.1, 0.15) is 6.61 Å². The van der Waals surface area contributed by atoms with Gasteiger partial charge in [-0.15, -0.1) is 0 Å². The van der Waals surface area contributed by atoms with E-state index in [0.29, 0.717) is 19.4 Å². The van der Waals surface area contributed by atoms with Crippen molar-refractivity contribution in [3.63, 3.8) is 0 Å². The normalized spacial score (nSPS) is 12.9. The molecule has 0 spiro atoms. The van der Waals surface area contributed by atoms with Gasteiger partial charge in [0.25, 0.3) is 0 Å². The highest BCUT2D eigenvalue weighted by Crippen LogP contribution is 2.12. The van der Waals surface area contributed by atoms with E-state index in [4.69, 9.17) is 14.2 Å². The van der Waals surface area contributed by atoms with E-state index in [1.54, 1.807) is 0 Å². The second kappa shape index (κ2) is 44.7. The molecular weight excluding hydrogens is 669 g/mol. The fourth-order valence-corrected chi connectivity index (χ4v) is 5.89. The summed E-state index contributed by atoms with van der Waals surface area (Å²) in [5.74, 6) is -0.445. The largest absolute Gasteiger partial charge is 0.462 e. The van der Waals surface area contributed by atoms with Gasteiger partial charge in [0.15, 0.2) is 6.10 Å². The lowest BCUT2D eigenvalue weighted by Gasteiger charge is -2.18. The SMILES string of the molecule is CC/C=C\C/C=C\C/C=C\C/C=C\CCCCCCC(=O)OCC(COCCCCCCCCCC)OC(=O)CCCCCCC/C=C\C/C=C\CCC. The van der Waals surface area contributed by atoms with Crippen LogP contribution in [0.2, 0.25) is 0 Å². The fourth-order valence-electron chi connectivity index (χ4n) is 5.89. The zero-order valence-corrected chi connectivity index (χ0v) is 35.5. The third-order valence-corrected chi connectivity index (χ3v) is 9.21. The molecule has 0 amide bonds. The topological polar surface area (TPSA) is 61.8 Å². The Morgan fingerprint density at radius 3 is 1.41 bits per heavy atom. The highest BCUT2D eigenvalue weighted by Gasteiger charge is 2.17. The molecule has 54 heavy (non-hydrogen) atoms. The van der Waals surface area contributed by atoms with Crippen LogP contribution < -0.4 is 0 Å². The van der Waals surface area contributed by atoms with Gasteiger partial charge < -0.3 is 14.2 Å². The van der Waals surface area contributed by atoms with Crippen molar-refractivity contribution in [2.24, 2.45) is 0 Å². The standard InChI is InChI=1S/C49H84O5/c1-4-7-10-13-16-19-21-23-24-25-26-28-29-31-33-36-39-42-48(50)53-46-47(45-52-44-41-38-35-18-15-12-9-6-3)54-49(51)43-40-37-34-32-30-27-22-20-17-14-11-8-5-2/h7,10-11,14,16,19-20,22-24,26,28,47H,4-6,8-9,12-13,15,17-18,21,25,27,29-46H2,1-3H3/b10-7-,14-11-,19-16-,22-20-,24-23-,28-26-. The molecule has 0 aromatic heterocycles. The second-order valence-electron chi connectivity index (χ2n) is 14.6. The Morgan fingerprint density at radius 2 is 0.870 bits per heavy atom. The van der Waals surface area contributed by atoms with Crippen molar-refractivity contribution in [2.75, 3.05) is 19.8 Å². The Hall–Kier alpha value is -2.66. The van der Waals surface area contributed by atoms with Crippen molar-refractivity contribution in [3.05, 3.63) is 72.9 Å². The summed E-state index contributed by atoms with van der Waals surface area (Å²) in [5, 5.41) is 0. The van der Waals surface area contributed by atoms with E-state index in [2.05, 4.69) is 93.7 Å². The third-order valence-electron chi connectivity index (χ3n) is 9.21. The summed E-state index contributed by atoms with van der Waals surface area (Å²) in [6.07, 6.45) is 56.1. The molecule has 1 atom stereocenters. The predicted octanol–water partition coefficient (Wildman–Crippen LogP) is 14.8. The van der Waals surface area contributed by atoms with E-state index in [9.17, 15) is 9.59 Å². The summed E-state index contributed by atoms with van der Waals surface area (Å²) in [6, 6.07) is 0. The minimum absolute atomic E-state index is 0.0652. The summed E-state index contributed by atoms with van der Waals surface area (Å²) in [4.78, 5) is 25.2. The molecule has 0 radical (unpaired) electrons. The van der Waals surface area contributed by atoms with Crippen LogP contribution >= 0.6 is 0 Å². The minimum Gasteiger partial charge on any atom is -0.462 e. The number of carbonyl (C=O) groups is 2. The van der Waals surface area contributed by atoms with Crippen LogP contribution in [0.15, 0.2) is 72.9 Å². The molecule has 310 valence electrons. The highest BCUT2D eigenvalue weighted by molar-refractivity contribution is 5.70. The molecule has 0 aromatic rings. The van der Waals surface area contributed by atoms with E-state index >= 15 is 0 Å².